The van der Waals surface area contributed by atoms with E-state index in [2.05, 4.69) is 10.3 Å². The predicted octanol–water partition coefficient (Wildman–Crippen LogP) is 3.06. The number of benzene rings is 1. The minimum atomic E-state index is 0.0483. The molecule has 0 aliphatic heterocycles. The molecule has 0 saturated carbocycles. The molecule has 2 aromatic rings. The first-order valence-electron chi connectivity index (χ1n) is 7.50. The highest BCUT2D eigenvalue weighted by molar-refractivity contribution is 5.78. The molecule has 0 fully saturated rings. The maximum atomic E-state index is 11.7. The largest absolute Gasteiger partial charge is 0.497 e. The number of aromatic nitrogens is 1. The van der Waals surface area contributed by atoms with E-state index in [-0.39, 0.29) is 11.8 Å². The van der Waals surface area contributed by atoms with E-state index in [9.17, 15) is 4.79 Å². The van der Waals surface area contributed by atoms with Crippen LogP contribution in [0.4, 0.5) is 0 Å². The van der Waals surface area contributed by atoms with Crippen molar-refractivity contribution in [1.82, 2.24) is 10.3 Å². The molecule has 0 aliphatic rings. The van der Waals surface area contributed by atoms with Crippen LogP contribution in [0.3, 0.4) is 0 Å². The minimum Gasteiger partial charge on any atom is -0.497 e. The minimum absolute atomic E-state index is 0.0483. The summed E-state index contributed by atoms with van der Waals surface area (Å²) in [5.74, 6) is 1.50. The van der Waals surface area contributed by atoms with E-state index in [4.69, 9.17) is 9.15 Å². The summed E-state index contributed by atoms with van der Waals surface area (Å²) in [4.78, 5) is 16.1. The van der Waals surface area contributed by atoms with Gasteiger partial charge in [0.15, 0.2) is 0 Å². The van der Waals surface area contributed by atoms with Crippen LogP contribution in [0, 0.1) is 5.92 Å². The molecule has 5 heteroatoms. The van der Waals surface area contributed by atoms with Gasteiger partial charge in [0.25, 0.3) is 0 Å². The highest BCUT2D eigenvalue weighted by Crippen LogP contribution is 2.21. The van der Waals surface area contributed by atoms with Crippen molar-refractivity contribution in [2.45, 2.75) is 26.7 Å². The Morgan fingerprint density at radius 1 is 1.36 bits per heavy atom. The van der Waals surface area contributed by atoms with E-state index >= 15 is 0 Å². The number of nitrogens with one attached hydrogen (secondary N) is 1. The molecule has 1 atom stereocenters. The van der Waals surface area contributed by atoms with Crippen LogP contribution in [-0.4, -0.2) is 24.5 Å². The first-order chi connectivity index (χ1) is 10.6. The molecule has 0 unspecified atom stereocenters. The Balaban J connectivity index is 1.89. The molecule has 1 aromatic heterocycles. The fourth-order valence-electron chi connectivity index (χ4n) is 1.96. The van der Waals surface area contributed by atoms with E-state index in [0.717, 1.165) is 23.4 Å². The SMILES string of the molecule is CC[C@H](C)C(=O)NCCc1coc(-c2ccc(OC)cc2)n1. The summed E-state index contributed by atoms with van der Waals surface area (Å²) in [6.45, 7) is 4.49. The smallest absolute Gasteiger partial charge is 0.226 e. The number of carbonyl (C=O) groups excluding carboxylic acids is 1. The standard InChI is InChI=1S/C17H22N2O3/c1-4-12(2)16(20)18-10-9-14-11-22-17(19-14)13-5-7-15(21-3)8-6-13/h5-8,11-12H,4,9-10H2,1-3H3,(H,18,20)/t12-/m0/s1. The zero-order valence-corrected chi connectivity index (χ0v) is 13.3. The summed E-state index contributed by atoms with van der Waals surface area (Å²) < 4.78 is 10.6. The monoisotopic (exact) mass is 302 g/mol. The predicted molar refractivity (Wildman–Crippen MR) is 84.7 cm³/mol. The fourth-order valence-corrected chi connectivity index (χ4v) is 1.96. The Morgan fingerprint density at radius 3 is 2.73 bits per heavy atom. The van der Waals surface area contributed by atoms with E-state index in [1.165, 1.54) is 0 Å². The van der Waals surface area contributed by atoms with Crippen molar-refractivity contribution >= 4 is 5.91 Å². The summed E-state index contributed by atoms with van der Waals surface area (Å²) in [7, 11) is 1.63. The number of carbonyl (C=O) groups is 1. The van der Waals surface area contributed by atoms with Gasteiger partial charge in [-0.3, -0.25) is 4.79 Å². The number of amides is 1. The topological polar surface area (TPSA) is 64.4 Å². The summed E-state index contributed by atoms with van der Waals surface area (Å²) in [5.41, 5.74) is 1.73. The first kappa shape index (κ1) is 16.1. The van der Waals surface area contributed by atoms with Crippen LogP contribution >= 0.6 is 0 Å². The lowest BCUT2D eigenvalue weighted by Crippen LogP contribution is -2.30. The Kier molecular flexibility index (Phi) is 5.58. The van der Waals surface area contributed by atoms with Gasteiger partial charge in [-0.2, -0.15) is 0 Å². The van der Waals surface area contributed by atoms with Gasteiger partial charge < -0.3 is 14.5 Å². The van der Waals surface area contributed by atoms with Gasteiger partial charge in [0, 0.05) is 24.4 Å². The number of nitrogens with zero attached hydrogens (tertiary/aromatic N) is 1. The first-order valence-corrected chi connectivity index (χ1v) is 7.50. The molecule has 118 valence electrons. The van der Waals surface area contributed by atoms with Crippen LogP contribution < -0.4 is 10.1 Å². The lowest BCUT2D eigenvalue weighted by atomic mass is 10.1. The van der Waals surface area contributed by atoms with Crippen LogP contribution in [0.25, 0.3) is 11.5 Å². The van der Waals surface area contributed by atoms with E-state index in [1.807, 2.05) is 38.1 Å². The number of methoxy groups -OCH3 is 1. The van der Waals surface area contributed by atoms with Gasteiger partial charge in [0.2, 0.25) is 11.8 Å². The number of hydrogen-bond donors (Lipinski definition) is 1. The summed E-state index contributed by atoms with van der Waals surface area (Å²) >= 11 is 0. The normalized spacial score (nSPS) is 12.0. The van der Waals surface area contributed by atoms with Crippen molar-refractivity contribution < 1.29 is 13.9 Å². The molecule has 0 aliphatic carbocycles. The average Bonchev–Trinajstić information content (AvgIpc) is 3.02. The molecule has 0 bridgehead atoms. The molecule has 22 heavy (non-hydrogen) atoms. The van der Waals surface area contributed by atoms with Crippen LogP contribution in [0.5, 0.6) is 5.75 Å². The molecular formula is C17H22N2O3. The van der Waals surface area contributed by atoms with Gasteiger partial charge in [0.05, 0.1) is 12.8 Å². The third kappa shape index (κ3) is 4.10. The second kappa shape index (κ2) is 7.64. The summed E-state index contributed by atoms with van der Waals surface area (Å²) in [5, 5.41) is 2.91. The fraction of sp³-hybridized carbons (Fsp3) is 0.412. The van der Waals surface area contributed by atoms with Crippen molar-refractivity contribution in [3.8, 4) is 17.2 Å². The van der Waals surface area contributed by atoms with Crippen LogP contribution in [0.1, 0.15) is 26.0 Å². The average molecular weight is 302 g/mol. The quantitative estimate of drug-likeness (QED) is 0.853. The second-order valence-corrected chi connectivity index (χ2v) is 5.22. The molecule has 1 amide bonds. The number of ether oxygens (including phenoxy) is 1. The maximum Gasteiger partial charge on any atom is 0.226 e. The molecule has 1 heterocycles. The zero-order chi connectivity index (χ0) is 15.9. The number of oxazole rings is 1. The van der Waals surface area contributed by atoms with Gasteiger partial charge in [-0.1, -0.05) is 13.8 Å². The molecule has 1 aromatic carbocycles. The van der Waals surface area contributed by atoms with E-state index in [0.29, 0.717) is 18.9 Å². The van der Waals surface area contributed by atoms with Crippen molar-refractivity contribution in [1.29, 1.82) is 0 Å². The van der Waals surface area contributed by atoms with Crippen LogP contribution in [-0.2, 0) is 11.2 Å². The maximum absolute atomic E-state index is 11.7. The molecule has 0 saturated heterocycles. The van der Waals surface area contributed by atoms with Crippen molar-refractivity contribution in [2.75, 3.05) is 13.7 Å². The summed E-state index contributed by atoms with van der Waals surface area (Å²) in [6, 6.07) is 7.54. The molecule has 2 rings (SSSR count). The Bertz CT molecular complexity index is 605. The highest BCUT2D eigenvalue weighted by Gasteiger charge is 2.10. The second-order valence-electron chi connectivity index (χ2n) is 5.22. The van der Waals surface area contributed by atoms with Crippen molar-refractivity contribution in [3.63, 3.8) is 0 Å². The van der Waals surface area contributed by atoms with Gasteiger partial charge in [-0.05, 0) is 30.7 Å². The van der Waals surface area contributed by atoms with E-state index in [1.54, 1.807) is 13.4 Å². The van der Waals surface area contributed by atoms with Crippen LogP contribution in [0.15, 0.2) is 34.9 Å². The summed E-state index contributed by atoms with van der Waals surface area (Å²) in [6.07, 6.45) is 3.13. The zero-order valence-electron chi connectivity index (χ0n) is 13.3. The van der Waals surface area contributed by atoms with Gasteiger partial charge in [-0.25, -0.2) is 4.98 Å². The van der Waals surface area contributed by atoms with Crippen molar-refractivity contribution in [2.24, 2.45) is 5.92 Å². The van der Waals surface area contributed by atoms with E-state index < -0.39 is 0 Å². The van der Waals surface area contributed by atoms with Gasteiger partial charge in [0.1, 0.15) is 12.0 Å². The molecular weight excluding hydrogens is 280 g/mol. The number of rotatable bonds is 7. The Hall–Kier alpha value is -2.30. The van der Waals surface area contributed by atoms with Gasteiger partial charge in [-0.15, -0.1) is 0 Å². The number of hydrogen-bond acceptors (Lipinski definition) is 4. The Morgan fingerprint density at radius 2 is 2.09 bits per heavy atom. The lowest BCUT2D eigenvalue weighted by molar-refractivity contribution is -0.124. The lowest BCUT2D eigenvalue weighted by Gasteiger charge is -2.08. The Labute approximate surface area is 130 Å². The molecule has 0 spiro atoms. The van der Waals surface area contributed by atoms with Crippen LogP contribution in [0.2, 0.25) is 0 Å². The van der Waals surface area contributed by atoms with Crippen molar-refractivity contribution in [3.05, 3.63) is 36.2 Å². The van der Waals surface area contributed by atoms with Gasteiger partial charge >= 0.3 is 0 Å². The molecule has 5 nitrogen and oxygen atoms in total. The molecule has 0 radical (unpaired) electrons. The molecule has 1 N–H and O–H groups in total. The third-order valence-electron chi connectivity index (χ3n) is 3.63. The highest BCUT2D eigenvalue weighted by atomic mass is 16.5. The third-order valence-corrected chi connectivity index (χ3v) is 3.63.